The van der Waals surface area contributed by atoms with Gasteiger partial charge in [-0.3, -0.25) is 4.79 Å². The van der Waals surface area contributed by atoms with Gasteiger partial charge >= 0.3 is 0 Å². The van der Waals surface area contributed by atoms with E-state index in [0.29, 0.717) is 13.0 Å². The fourth-order valence-corrected chi connectivity index (χ4v) is 2.29. The molecular weight excluding hydrogens is 302 g/mol. The van der Waals surface area contributed by atoms with Crippen LogP contribution < -0.4 is 16.2 Å². The highest BCUT2D eigenvalue weighted by molar-refractivity contribution is 7.89. The second kappa shape index (κ2) is 7.03. The monoisotopic (exact) mass is 319 g/mol. The Balaban J connectivity index is 2.89. The van der Waals surface area contributed by atoms with Crippen molar-refractivity contribution in [1.29, 1.82) is 0 Å². The van der Waals surface area contributed by atoms with E-state index in [9.17, 15) is 13.2 Å². The van der Waals surface area contributed by atoms with E-state index in [0.717, 1.165) is 6.42 Å². The number of sulfonamides is 1. The van der Waals surface area contributed by atoms with E-state index in [1.54, 1.807) is 6.92 Å². The first kappa shape index (κ1) is 16.9. The van der Waals surface area contributed by atoms with Gasteiger partial charge in [0.15, 0.2) is 0 Å². The summed E-state index contributed by atoms with van der Waals surface area (Å²) in [6.45, 7) is 2.28. The van der Waals surface area contributed by atoms with E-state index in [4.69, 9.17) is 22.5 Å². The van der Waals surface area contributed by atoms with Gasteiger partial charge in [-0.15, -0.1) is 0 Å². The van der Waals surface area contributed by atoms with Crippen LogP contribution in [0.2, 0.25) is 5.02 Å². The third kappa shape index (κ3) is 4.75. The summed E-state index contributed by atoms with van der Waals surface area (Å²) in [5.74, 6) is -0.486. The van der Waals surface area contributed by atoms with Crippen LogP contribution in [-0.2, 0) is 14.8 Å². The molecule has 1 amide bonds. The lowest BCUT2D eigenvalue weighted by atomic mass is 10.0. The van der Waals surface area contributed by atoms with Crippen molar-refractivity contribution >= 4 is 33.2 Å². The molecule has 0 radical (unpaired) electrons. The SMILES string of the molecule is CC(CCCN)C(=O)Nc1cc(S(N)(=O)=O)ccc1Cl. The second-order valence-corrected chi connectivity index (χ2v) is 6.48. The molecule has 0 aromatic heterocycles. The maximum Gasteiger partial charge on any atom is 0.238 e. The average molecular weight is 320 g/mol. The molecule has 0 saturated carbocycles. The lowest BCUT2D eigenvalue weighted by Crippen LogP contribution is -2.21. The number of primary sulfonamides is 1. The zero-order valence-electron chi connectivity index (χ0n) is 11.1. The molecule has 0 saturated heterocycles. The summed E-state index contributed by atoms with van der Waals surface area (Å²) in [6, 6.07) is 3.90. The summed E-state index contributed by atoms with van der Waals surface area (Å²) in [4.78, 5) is 11.8. The van der Waals surface area contributed by atoms with Gasteiger partial charge in [-0.1, -0.05) is 18.5 Å². The van der Waals surface area contributed by atoms with E-state index >= 15 is 0 Å². The first-order chi connectivity index (χ1) is 9.25. The van der Waals surface area contributed by atoms with Crippen LogP contribution in [0.4, 0.5) is 5.69 Å². The Bertz CT molecular complexity index is 590. The maximum absolute atomic E-state index is 11.9. The highest BCUT2D eigenvalue weighted by Crippen LogP contribution is 2.25. The molecule has 0 aliphatic rings. The van der Waals surface area contributed by atoms with Crippen LogP contribution in [0, 0.1) is 5.92 Å². The predicted octanol–water partition coefficient (Wildman–Crippen LogP) is 1.30. The summed E-state index contributed by atoms with van der Waals surface area (Å²) in [7, 11) is -3.84. The Kier molecular flexibility index (Phi) is 5.94. The van der Waals surface area contributed by atoms with Gasteiger partial charge in [-0.05, 0) is 37.6 Å². The minimum absolute atomic E-state index is 0.105. The summed E-state index contributed by atoms with van der Waals surface area (Å²) >= 11 is 5.93. The van der Waals surface area contributed by atoms with Gasteiger partial charge in [-0.2, -0.15) is 0 Å². The van der Waals surface area contributed by atoms with Crippen molar-refractivity contribution in [3.63, 3.8) is 0 Å². The number of nitrogens with one attached hydrogen (secondary N) is 1. The number of halogens is 1. The Labute approximate surface area is 123 Å². The molecule has 1 atom stereocenters. The number of anilines is 1. The number of carbonyl (C=O) groups excluding carboxylic acids is 1. The Morgan fingerprint density at radius 1 is 1.45 bits per heavy atom. The normalized spacial score (nSPS) is 13.0. The molecule has 0 fully saturated rings. The van der Waals surface area contributed by atoms with Crippen LogP contribution in [0.25, 0.3) is 0 Å². The molecule has 0 heterocycles. The number of carbonyl (C=O) groups is 1. The number of rotatable bonds is 6. The third-order valence-corrected chi connectivity index (χ3v) is 4.05. The van der Waals surface area contributed by atoms with Crippen LogP contribution in [-0.4, -0.2) is 20.9 Å². The molecule has 0 aliphatic heterocycles. The molecule has 8 heteroatoms. The van der Waals surface area contributed by atoms with Gasteiger partial charge in [0.05, 0.1) is 15.6 Å². The maximum atomic E-state index is 11.9. The van der Waals surface area contributed by atoms with Crippen molar-refractivity contribution in [1.82, 2.24) is 0 Å². The molecule has 1 aromatic carbocycles. The first-order valence-electron chi connectivity index (χ1n) is 6.09. The van der Waals surface area contributed by atoms with E-state index in [1.807, 2.05) is 0 Å². The molecule has 6 nitrogen and oxygen atoms in total. The Morgan fingerprint density at radius 3 is 2.65 bits per heavy atom. The molecule has 5 N–H and O–H groups in total. The van der Waals surface area contributed by atoms with Crippen molar-refractivity contribution in [2.24, 2.45) is 16.8 Å². The molecule has 1 unspecified atom stereocenters. The van der Waals surface area contributed by atoms with E-state index in [1.165, 1.54) is 18.2 Å². The average Bonchev–Trinajstić information content (AvgIpc) is 2.37. The number of amides is 1. The number of hydrogen-bond acceptors (Lipinski definition) is 4. The van der Waals surface area contributed by atoms with Crippen LogP contribution >= 0.6 is 11.6 Å². The fraction of sp³-hybridized carbons (Fsp3) is 0.417. The van der Waals surface area contributed by atoms with Gasteiger partial charge in [0.2, 0.25) is 15.9 Å². The lowest BCUT2D eigenvalue weighted by Gasteiger charge is -2.13. The summed E-state index contributed by atoms with van der Waals surface area (Å²) < 4.78 is 22.5. The van der Waals surface area contributed by atoms with Gasteiger partial charge in [0, 0.05) is 5.92 Å². The zero-order chi connectivity index (χ0) is 15.3. The van der Waals surface area contributed by atoms with Crippen molar-refractivity contribution in [3.8, 4) is 0 Å². The van der Waals surface area contributed by atoms with Crippen molar-refractivity contribution in [2.45, 2.75) is 24.7 Å². The summed E-state index contributed by atoms with van der Waals surface area (Å²) in [6.07, 6.45) is 1.38. The smallest absolute Gasteiger partial charge is 0.238 e. The van der Waals surface area contributed by atoms with Crippen LogP contribution in [0.15, 0.2) is 23.1 Å². The van der Waals surface area contributed by atoms with Gasteiger partial charge < -0.3 is 11.1 Å². The van der Waals surface area contributed by atoms with E-state index in [2.05, 4.69) is 5.32 Å². The molecule has 0 spiro atoms. The number of benzene rings is 1. The zero-order valence-corrected chi connectivity index (χ0v) is 12.7. The van der Waals surface area contributed by atoms with E-state index < -0.39 is 10.0 Å². The lowest BCUT2D eigenvalue weighted by molar-refractivity contribution is -0.119. The predicted molar refractivity (Wildman–Crippen MR) is 78.9 cm³/mol. The molecule has 1 rings (SSSR count). The highest BCUT2D eigenvalue weighted by atomic mass is 35.5. The van der Waals surface area contributed by atoms with Gasteiger partial charge in [0.1, 0.15) is 0 Å². The topological polar surface area (TPSA) is 115 Å². The molecule has 0 aliphatic carbocycles. The van der Waals surface area contributed by atoms with Crippen molar-refractivity contribution < 1.29 is 13.2 Å². The third-order valence-electron chi connectivity index (χ3n) is 2.81. The highest BCUT2D eigenvalue weighted by Gasteiger charge is 2.16. The minimum atomic E-state index is -3.84. The van der Waals surface area contributed by atoms with Gasteiger partial charge in [-0.25, -0.2) is 13.6 Å². The Hall–Kier alpha value is -1.15. The molecule has 20 heavy (non-hydrogen) atoms. The van der Waals surface area contributed by atoms with Crippen LogP contribution in [0.5, 0.6) is 0 Å². The molecule has 0 bridgehead atoms. The summed E-state index contributed by atoms with van der Waals surface area (Å²) in [5, 5.41) is 7.88. The molecule has 112 valence electrons. The minimum Gasteiger partial charge on any atom is -0.330 e. The second-order valence-electron chi connectivity index (χ2n) is 4.51. The van der Waals surface area contributed by atoms with Crippen LogP contribution in [0.3, 0.4) is 0 Å². The molecular formula is C12H18ClN3O3S. The first-order valence-corrected chi connectivity index (χ1v) is 8.01. The number of nitrogens with two attached hydrogens (primary N) is 2. The largest absolute Gasteiger partial charge is 0.330 e. The Morgan fingerprint density at radius 2 is 2.10 bits per heavy atom. The molecule has 1 aromatic rings. The number of hydrogen-bond donors (Lipinski definition) is 3. The van der Waals surface area contributed by atoms with Crippen molar-refractivity contribution in [2.75, 3.05) is 11.9 Å². The fourth-order valence-electron chi connectivity index (χ4n) is 1.59. The summed E-state index contributed by atoms with van der Waals surface area (Å²) in [5.41, 5.74) is 5.61. The van der Waals surface area contributed by atoms with Crippen molar-refractivity contribution in [3.05, 3.63) is 23.2 Å². The quantitative estimate of drug-likeness (QED) is 0.732. The van der Waals surface area contributed by atoms with E-state index in [-0.39, 0.29) is 27.4 Å². The standard InChI is InChI=1S/C12H18ClN3O3S/c1-8(3-2-6-14)12(17)16-11-7-9(20(15,18)19)4-5-10(11)13/h4-5,7-8H,2-3,6,14H2,1H3,(H,16,17)(H2,15,18,19). The van der Waals surface area contributed by atoms with Gasteiger partial charge in [0.25, 0.3) is 0 Å². The van der Waals surface area contributed by atoms with Crippen LogP contribution in [0.1, 0.15) is 19.8 Å².